The van der Waals surface area contributed by atoms with Crippen molar-refractivity contribution in [2.45, 2.75) is 31.9 Å². The summed E-state index contributed by atoms with van der Waals surface area (Å²) in [5, 5.41) is 5.63. The van der Waals surface area contributed by atoms with Crippen LogP contribution < -0.4 is 10.6 Å². The number of hydrogen-bond donors (Lipinski definition) is 2. The normalized spacial score (nSPS) is 18.4. The molecule has 0 bridgehead atoms. The number of hydrogen-bond acceptors (Lipinski definition) is 4. The molecule has 3 rings (SSSR count). The fourth-order valence-corrected chi connectivity index (χ4v) is 2.59. The van der Waals surface area contributed by atoms with Crippen molar-refractivity contribution in [1.29, 1.82) is 0 Å². The van der Waals surface area contributed by atoms with E-state index in [0.29, 0.717) is 11.5 Å². The molecule has 2 amide bonds. The third-order valence-electron chi connectivity index (χ3n) is 3.82. The number of nitrogens with one attached hydrogen (secondary N) is 2. The van der Waals surface area contributed by atoms with Crippen molar-refractivity contribution in [2.75, 3.05) is 11.9 Å². The molecule has 1 aromatic heterocycles. The average molecular weight is 312 g/mol. The highest BCUT2D eigenvalue weighted by Crippen LogP contribution is 2.16. The van der Waals surface area contributed by atoms with Crippen LogP contribution in [-0.2, 0) is 4.74 Å². The number of aromatic nitrogens is 2. The van der Waals surface area contributed by atoms with E-state index < -0.39 is 0 Å². The molecule has 120 valence electrons. The van der Waals surface area contributed by atoms with Gasteiger partial charge in [-0.2, -0.15) is 0 Å². The largest absolute Gasteiger partial charge is 0.376 e. The topological polar surface area (TPSA) is 76.1 Å². The number of anilines is 1. The van der Waals surface area contributed by atoms with Crippen molar-refractivity contribution in [1.82, 2.24) is 15.3 Å². The second-order valence-corrected chi connectivity index (χ2v) is 5.60. The molecule has 2 N–H and O–H groups in total. The zero-order valence-electron chi connectivity index (χ0n) is 13.0. The maximum atomic E-state index is 12.0. The molecule has 6 nitrogen and oxygen atoms in total. The molecular weight excluding hydrogens is 292 g/mol. The van der Waals surface area contributed by atoms with Crippen LogP contribution in [0.3, 0.4) is 0 Å². The second kappa shape index (κ2) is 7.19. The lowest BCUT2D eigenvalue weighted by Crippen LogP contribution is -2.43. The molecule has 1 aliphatic rings. The molecule has 2 heterocycles. The number of rotatable bonds is 4. The van der Waals surface area contributed by atoms with E-state index in [1.165, 1.54) is 0 Å². The van der Waals surface area contributed by atoms with E-state index in [2.05, 4.69) is 20.6 Å². The van der Waals surface area contributed by atoms with E-state index in [-0.39, 0.29) is 18.2 Å². The van der Waals surface area contributed by atoms with Crippen LogP contribution in [0.2, 0.25) is 0 Å². The number of amides is 2. The Morgan fingerprint density at radius 2 is 2.00 bits per heavy atom. The fourth-order valence-electron chi connectivity index (χ4n) is 2.59. The van der Waals surface area contributed by atoms with Crippen molar-refractivity contribution in [2.24, 2.45) is 0 Å². The summed E-state index contributed by atoms with van der Waals surface area (Å²) in [7, 11) is 0. The number of nitrogens with zero attached hydrogens (tertiary/aromatic N) is 2. The van der Waals surface area contributed by atoms with Gasteiger partial charge in [-0.05, 0) is 19.8 Å². The molecule has 0 saturated carbocycles. The van der Waals surface area contributed by atoms with Crippen LogP contribution in [0.1, 0.15) is 19.8 Å². The summed E-state index contributed by atoms with van der Waals surface area (Å²) in [6.07, 6.45) is 5.33. The van der Waals surface area contributed by atoms with Crippen molar-refractivity contribution < 1.29 is 9.53 Å². The van der Waals surface area contributed by atoms with Crippen LogP contribution in [0.25, 0.3) is 11.4 Å². The first-order valence-electron chi connectivity index (χ1n) is 7.79. The average Bonchev–Trinajstić information content (AvgIpc) is 3.11. The predicted octanol–water partition coefficient (Wildman–Crippen LogP) is 2.83. The van der Waals surface area contributed by atoms with E-state index in [9.17, 15) is 4.79 Å². The van der Waals surface area contributed by atoms with Gasteiger partial charge in [0.1, 0.15) is 0 Å². The van der Waals surface area contributed by atoms with Gasteiger partial charge >= 0.3 is 6.03 Å². The van der Waals surface area contributed by atoms with Gasteiger partial charge in [0.2, 0.25) is 0 Å². The summed E-state index contributed by atoms with van der Waals surface area (Å²) in [5.41, 5.74) is 1.50. The highest BCUT2D eigenvalue weighted by atomic mass is 16.5. The zero-order valence-corrected chi connectivity index (χ0v) is 13.0. The van der Waals surface area contributed by atoms with Crippen molar-refractivity contribution in [3.8, 4) is 11.4 Å². The highest BCUT2D eigenvalue weighted by Gasteiger charge is 2.23. The SMILES string of the molecule is C[C@H](NC(=O)Nc1cnc(-c2ccccc2)nc1)[C@H]1CCCO1. The van der Waals surface area contributed by atoms with Gasteiger partial charge in [0, 0.05) is 12.2 Å². The molecule has 6 heteroatoms. The molecule has 0 aliphatic carbocycles. The van der Waals surface area contributed by atoms with E-state index in [1.54, 1.807) is 12.4 Å². The van der Waals surface area contributed by atoms with E-state index in [1.807, 2.05) is 37.3 Å². The maximum Gasteiger partial charge on any atom is 0.319 e. The van der Waals surface area contributed by atoms with Crippen molar-refractivity contribution in [3.63, 3.8) is 0 Å². The number of carbonyl (C=O) groups is 1. The minimum absolute atomic E-state index is 0.0259. The molecule has 1 aliphatic heterocycles. The second-order valence-electron chi connectivity index (χ2n) is 5.60. The number of benzene rings is 1. The minimum atomic E-state index is -0.274. The maximum absolute atomic E-state index is 12.0. The van der Waals surface area contributed by atoms with Gasteiger partial charge in [-0.3, -0.25) is 0 Å². The molecule has 1 fully saturated rings. The zero-order chi connectivity index (χ0) is 16.1. The smallest absolute Gasteiger partial charge is 0.319 e. The Labute approximate surface area is 135 Å². The molecule has 0 radical (unpaired) electrons. The molecule has 2 atom stereocenters. The van der Waals surface area contributed by atoms with Gasteiger partial charge in [0.05, 0.1) is 30.2 Å². The first kappa shape index (κ1) is 15.4. The van der Waals surface area contributed by atoms with Gasteiger partial charge in [0.15, 0.2) is 5.82 Å². The Balaban J connectivity index is 1.56. The lowest BCUT2D eigenvalue weighted by Gasteiger charge is -2.20. The Hall–Kier alpha value is -2.47. The number of urea groups is 1. The van der Waals surface area contributed by atoms with Crippen LogP contribution in [0.4, 0.5) is 10.5 Å². The minimum Gasteiger partial charge on any atom is -0.376 e. The summed E-state index contributed by atoms with van der Waals surface area (Å²) < 4.78 is 5.56. The standard InChI is InChI=1S/C17H20N4O2/c1-12(15-8-5-9-23-15)20-17(22)21-14-10-18-16(19-11-14)13-6-3-2-4-7-13/h2-4,6-7,10-12,15H,5,8-9H2,1H3,(H2,20,21,22)/t12-,15+/m0/s1. The third-order valence-corrected chi connectivity index (χ3v) is 3.82. The summed E-state index contributed by atoms with van der Waals surface area (Å²) >= 11 is 0. The van der Waals surface area contributed by atoms with E-state index in [0.717, 1.165) is 25.0 Å². The number of carbonyl (C=O) groups excluding carboxylic acids is 1. The van der Waals surface area contributed by atoms with Crippen LogP contribution in [0.5, 0.6) is 0 Å². The summed E-state index contributed by atoms with van der Waals surface area (Å²) in [5.74, 6) is 0.629. The quantitative estimate of drug-likeness (QED) is 0.910. The van der Waals surface area contributed by atoms with Gasteiger partial charge in [-0.25, -0.2) is 14.8 Å². The van der Waals surface area contributed by atoms with Crippen molar-refractivity contribution in [3.05, 3.63) is 42.7 Å². The summed E-state index contributed by atoms with van der Waals surface area (Å²) in [4.78, 5) is 20.6. The Bertz CT molecular complexity index is 639. The molecule has 0 spiro atoms. The van der Waals surface area contributed by atoms with Crippen LogP contribution in [0, 0.1) is 0 Å². The molecule has 2 aromatic rings. The van der Waals surface area contributed by atoms with Gasteiger partial charge in [-0.1, -0.05) is 30.3 Å². The van der Waals surface area contributed by atoms with Crippen molar-refractivity contribution >= 4 is 11.7 Å². The van der Waals surface area contributed by atoms with Crippen LogP contribution >= 0.6 is 0 Å². The van der Waals surface area contributed by atoms with E-state index >= 15 is 0 Å². The third kappa shape index (κ3) is 4.04. The molecular formula is C17H20N4O2. The molecule has 0 unspecified atom stereocenters. The van der Waals surface area contributed by atoms with Gasteiger partial charge in [0.25, 0.3) is 0 Å². The predicted molar refractivity (Wildman–Crippen MR) is 88.1 cm³/mol. The fraction of sp³-hybridized carbons (Fsp3) is 0.353. The molecule has 1 aromatic carbocycles. The first-order chi connectivity index (χ1) is 11.2. The molecule has 1 saturated heterocycles. The monoisotopic (exact) mass is 312 g/mol. The first-order valence-corrected chi connectivity index (χ1v) is 7.79. The van der Waals surface area contributed by atoms with E-state index in [4.69, 9.17) is 4.74 Å². The Kier molecular flexibility index (Phi) is 4.83. The summed E-state index contributed by atoms with van der Waals surface area (Å²) in [6.45, 7) is 2.72. The lowest BCUT2D eigenvalue weighted by molar-refractivity contribution is 0.0868. The highest BCUT2D eigenvalue weighted by molar-refractivity contribution is 5.89. The van der Waals surface area contributed by atoms with Crippen LogP contribution in [0.15, 0.2) is 42.7 Å². The summed E-state index contributed by atoms with van der Waals surface area (Å²) in [6, 6.07) is 9.40. The number of ether oxygens (including phenoxy) is 1. The molecule has 23 heavy (non-hydrogen) atoms. The Morgan fingerprint density at radius 1 is 1.26 bits per heavy atom. The van der Waals surface area contributed by atoms with Crippen LogP contribution in [-0.4, -0.2) is 34.8 Å². The Morgan fingerprint density at radius 3 is 2.65 bits per heavy atom. The van der Waals surface area contributed by atoms with Gasteiger partial charge < -0.3 is 15.4 Å². The van der Waals surface area contributed by atoms with Gasteiger partial charge in [-0.15, -0.1) is 0 Å². The lowest BCUT2D eigenvalue weighted by atomic mass is 10.1.